The van der Waals surface area contributed by atoms with Gasteiger partial charge in [-0.3, -0.25) is 0 Å². The average Bonchev–Trinajstić information content (AvgIpc) is 3.62. The monoisotopic (exact) mass is 658 g/mol. The minimum absolute atomic E-state index is 0. The zero-order valence-corrected chi connectivity index (χ0v) is 27.6. The van der Waals surface area contributed by atoms with Crippen LogP contribution in [-0.4, -0.2) is 3.21 Å². The zero-order valence-electron chi connectivity index (χ0n) is 23.7. The van der Waals surface area contributed by atoms with Crippen LogP contribution in [0.3, 0.4) is 0 Å². The predicted molar refractivity (Wildman–Crippen MR) is 171 cm³/mol. The molecule has 1 unspecified atom stereocenters. The summed E-state index contributed by atoms with van der Waals surface area (Å²) in [4.78, 5) is 0. The van der Waals surface area contributed by atoms with Crippen LogP contribution in [0.15, 0.2) is 121 Å². The van der Waals surface area contributed by atoms with E-state index in [1.165, 1.54) is 65.7 Å². The molecule has 0 saturated heterocycles. The normalized spacial score (nSPS) is 14.5. The Morgan fingerprint density at radius 3 is 2.07 bits per heavy atom. The van der Waals surface area contributed by atoms with E-state index in [0.717, 1.165) is 6.42 Å². The maximum atomic E-state index is 2.61. The molecular weight excluding hydrogens is 631 g/mol. The molecule has 0 aromatic heterocycles. The molecule has 0 amide bonds. The van der Waals surface area contributed by atoms with Crippen molar-refractivity contribution in [1.29, 1.82) is 0 Å². The van der Waals surface area contributed by atoms with E-state index >= 15 is 0 Å². The SMILES string of the molecule is C[C](C)=[Zr+2]([C]1=CCc2c1ccc1ccc3ccccc3c21)[CH]1C=Cc2c(-c3cccc4ccccc34)cccc21.[Cl-].[Cl-]. The molecule has 6 aromatic rings. The molecule has 0 fully saturated rings. The van der Waals surface area contributed by atoms with Gasteiger partial charge in [-0.15, -0.1) is 0 Å². The van der Waals surface area contributed by atoms with Crippen LogP contribution in [0.2, 0.25) is 0 Å². The van der Waals surface area contributed by atoms with Crippen molar-refractivity contribution in [3.63, 3.8) is 0 Å². The van der Waals surface area contributed by atoms with Gasteiger partial charge in [0.2, 0.25) is 0 Å². The first-order valence-corrected chi connectivity index (χ1v) is 18.2. The van der Waals surface area contributed by atoms with Gasteiger partial charge in [-0.2, -0.15) is 0 Å². The predicted octanol–water partition coefficient (Wildman–Crippen LogP) is 4.32. The average molecular weight is 661 g/mol. The number of fused-ring (bicyclic) bond motifs is 7. The van der Waals surface area contributed by atoms with Gasteiger partial charge in [0.05, 0.1) is 0 Å². The Hall–Kier alpha value is -3.09. The number of hydrogen-bond acceptors (Lipinski definition) is 0. The minimum atomic E-state index is -2.27. The molecule has 0 nitrogen and oxygen atoms in total. The zero-order chi connectivity index (χ0) is 26.8. The first kappa shape index (κ1) is 29.0. The van der Waals surface area contributed by atoms with Gasteiger partial charge in [-0.25, -0.2) is 0 Å². The molecule has 2 aliphatic carbocycles. The third kappa shape index (κ3) is 4.50. The number of rotatable bonds is 3. The van der Waals surface area contributed by atoms with Crippen molar-refractivity contribution in [3.05, 3.63) is 144 Å². The second-order valence-electron chi connectivity index (χ2n) is 11.4. The Bertz CT molecular complexity index is 2110. The summed E-state index contributed by atoms with van der Waals surface area (Å²) in [5.41, 5.74) is 8.71. The molecule has 0 saturated carbocycles. The van der Waals surface area contributed by atoms with E-state index in [1.807, 2.05) is 0 Å². The summed E-state index contributed by atoms with van der Waals surface area (Å²) in [5.74, 6) is 0. The van der Waals surface area contributed by atoms with Crippen molar-refractivity contribution in [2.24, 2.45) is 0 Å². The van der Waals surface area contributed by atoms with Gasteiger partial charge >= 0.3 is 245 Å². The second-order valence-corrected chi connectivity index (χ2v) is 18.7. The molecule has 3 heteroatoms. The van der Waals surface area contributed by atoms with Crippen LogP contribution in [0.25, 0.3) is 52.8 Å². The number of halogens is 2. The molecule has 0 bridgehead atoms. The Morgan fingerprint density at radius 2 is 1.26 bits per heavy atom. The van der Waals surface area contributed by atoms with E-state index in [2.05, 4.69) is 141 Å². The van der Waals surface area contributed by atoms with E-state index in [0.29, 0.717) is 3.63 Å². The quantitative estimate of drug-likeness (QED) is 0.249. The van der Waals surface area contributed by atoms with Gasteiger partial charge < -0.3 is 24.8 Å². The fourth-order valence-corrected chi connectivity index (χ4v) is 15.1. The fraction of sp³-hybridized carbons (Fsp3) is 0.103. The topological polar surface area (TPSA) is 0 Å². The molecular formula is C39H30Cl2Zr. The summed E-state index contributed by atoms with van der Waals surface area (Å²) < 4.78 is 3.88. The molecule has 204 valence electrons. The van der Waals surface area contributed by atoms with Crippen LogP contribution >= 0.6 is 0 Å². The van der Waals surface area contributed by atoms with Crippen LogP contribution < -0.4 is 24.8 Å². The van der Waals surface area contributed by atoms with Crippen molar-refractivity contribution in [1.82, 2.24) is 0 Å². The van der Waals surface area contributed by atoms with Crippen molar-refractivity contribution in [3.8, 4) is 11.1 Å². The summed E-state index contributed by atoms with van der Waals surface area (Å²) >= 11 is -2.27. The van der Waals surface area contributed by atoms with Gasteiger partial charge in [-0.05, 0) is 0 Å². The van der Waals surface area contributed by atoms with Gasteiger partial charge in [-0.1, -0.05) is 0 Å². The van der Waals surface area contributed by atoms with E-state index in [1.54, 1.807) is 6.49 Å². The largest absolute Gasteiger partial charge is 1.00 e. The Labute approximate surface area is 267 Å². The van der Waals surface area contributed by atoms with Crippen molar-refractivity contribution in [2.75, 3.05) is 0 Å². The van der Waals surface area contributed by atoms with Crippen LogP contribution in [0, 0.1) is 0 Å². The summed E-state index contributed by atoms with van der Waals surface area (Å²) in [6, 6.07) is 40.8. The molecule has 8 rings (SSSR count). The van der Waals surface area contributed by atoms with Gasteiger partial charge in [0.25, 0.3) is 0 Å². The van der Waals surface area contributed by atoms with Crippen LogP contribution in [0.5, 0.6) is 0 Å². The van der Waals surface area contributed by atoms with Crippen molar-refractivity contribution >= 4 is 44.9 Å². The summed E-state index contributed by atoms with van der Waals surface area (Å²) in [6.07, 6.45) is 8.64. The molecule has 1 atom stereocenters. The van der Waals surface area contributed by atoms with Gasteiger partial charge in [0, 0.05) is 0 Å². The Kier molecular flexibility index (Phi) is 7.97. The van der Waals surface area contributed by atoms with Crippen LogP contribution in [0.4, 0.5) is 0 Å². The fourth-order valence-electron chi connectivity index (χ4n) is 7.24. The Morgan fingerprint density at radius 1 is 0.619 bits per heavy atom. The number of benzene rings is 6. The number of hydrogen-bond donors (Lipinski definition) is 0. The molecule has 2 aliphatic rings. The van der Waals surface area contributed by atoms with Gasteiger partial charge in [0.15, 0.2) is 0 Å². The standard InChI is InChI=1S/C19H13.C17H11.C3H6.2ClH.Zr/c1-2-10-16-14(6-1)8-4-12-18(16)19-13-5-9-15-7-3-11-17(15)19;1-2-6-15-12(4-1)8-10-14-11-9-13-5-3-7-16(13)17(14)15;1-3-2;;;/h1-13H;1-4,6,8-11H,7H2;1-2H3;2*1H;/q;;;;;+2/p-2. The smallest absolute Gasteiger partial charge is 1.00 e. The maximum Gasteiger partial charge on any atom is -1.00 e. The van der Waals surface area contributed by atoms with E-state index in [4.69, 9.17) is 0 Å². The first-order chi connectivity index (χ1) is 19.7. The molecule has 0 radical (unpaired) electrons. The molecule has 0 aliphatic heterocycles. The molecule has 0 heterocycles. The summed E-state index contributed by atoms with van der Waals surface area (Å²) in [5, 5.41) is 8.18. The third-order valence-electron chi connectivity index (χ3n) is 8.97. The van der Waals surface area contributed by atoms with Crippen molar-refractivity contribution in [2.45, 2.75) is 23.9 Å². The van der Waals surface area contributed by atoms with E-state index in [-0.39, 0.29) is 24.8 Å². The number of allylic oxidation sites excluding steroid dienone is 2. The third-order valence-corrected chi connectivity index (χ3v) is 17.0. The van der Waals surface area contributed by atoms with Crippen LogP contribution in [-0.2, 0) is 27.7 Å². The molecule has 0 spiro atoms. The van der Waals surface area contributed by atoms with E-state index in [9.17, 15) is 0 Å². The first-order valence-electron chi connectivity index (χ1n) is 14.3. The minimum Gasteiger partial charge on any atom is -1.00 e. The van der Waals surface area contributed by atoms with E-state index < -0.39 is 21.3 Å². The van der Waals surface area contributed by atoms with Crippen molar-refractivity contribution < 1.29 is 46.1 Å². The summed E-state index contributed by atoms with van der Waals surface area (Å²) in [6.45, 7) is 4.81. The van der Waals surface area contributed by atoms with Crippen LogP contribution in [0.1, 0.15) is 39.7 Å². The van der Waals surface area contributed by atoms with Gasteiger partial charge in [0.1, 0.15) is 0 Å². The maximum absolute atomic E-state index is 2.61. The molecule has 0 N–H and O–H groups in total. The second kappa shape index (κ2) is 11.5. The molecule has 42 heavy (non-hydrogen) atoms. The molecule has 6 aromatic carbocycles. The summed E-state index contributed by atoms with van der Waals surface area (Å²) in [7, 11) is 0. The Balaban J connectivity index is 0.00000158.